The molecular formula is C20H40O. The minimum atomic E-state index is 0.870. The molecule has 0 aliphatic rings. The SMILES string of the molecule is CCC=CCCCCCCCCCCCCCCOCC. The Morgan fingerprint density at radius 3 is 1.52 bits per heavy atom. The van der Waals surface area contributed by atoms with Gasteiger partial charge in [-0.2, -0.15) is 0 Å². The van der Waals surface area contributed by atoms with Crippen molar-refractivity contribution in [1.82, 2.24) is 0 Å². The van der Waals surface area contributed by atoms with E-state index in [2.05, 4.69) is 26.0 Å². The second kappa shape index (κ2) is 19.7. The van der Waals surface area contributed by atoms with E-state index in [1.54, 1.807) is 0 Å². The van der Waals surface area contributed by atoms with Crippen LogP contribution >= 0.6 is 0 Å². The van der Waals surface area contributed by atoms with Crippen molar-refractivity contribution in [2.24, 2.45) is 0 Å². The van der Waals surface area contributed by atoms with Gasteiger partial charge in [-0.05, 0) is 32.6 Å². The van der Waals surface area contributed by atoms with Crippen LogP contribution in [0.25, 0.3) is 0 Å². The van der Waals surface area contributed by atoms with Crippen LogP contribution in [-0.4, -0.2) is 13.2 Å². The van der Waals surface area contributed by atoms with E-state index in [4.69, 9.17) is 4.74 Å². The summed E-state index contributed by atoms with van der Waals surface area (Å²) in [7, 11) is 0. The van der Waals surface area contributed by atoms with E-state index in [1.165, 1.54) is 89.9 Å². The summed E-state index contributed by atoms with van der Waals surface area (Å²) in [5.41, 5.74) is 0. The summed E-state index contributed by atoms with van der Waals surface area (Å²) in [5.74, 6) is 0. The number of rotatable bonds is 17. The van der Waals surface area contributed by atoms with Gasteiger partial charge in [-0.1, -0.05) is 83.3 Å². The molecule has 0 aromatic rings. The Morgan fingerprint density at radius 1 is 0.571 bits per heavy atom. The van der Waals surface area contributed by atoms with Crippen LogP contribution < -0.4 is 0 Å². The first-order chi connectivity index (χ1) is 10.4. The number of hydrogen-bond donors (Lipinski definition) is 0. The fourth-order valence-corrected chi connectivity index (χ4v) is 2.66. The van der Waals surface area contributed by atoms with Gasteiger partial charge in [-0.15, -0.1) is 0 Å². The van der Waals surface area contributed by atoms with Crippen molar-refractivity contribution in [2.45, 2.75) is 104 Å². The van der Waals surface area contributed by atoms with E-state index in [9.17, 15) is 0 Å². The summed E-state index contributed by atoms with van der Waals surface area (Å²) < 4.78 is 5.35. The molecule has 0 spiro atoms. The van der Waals surface area contributed by atoms with Crippen molar-refractivity contribution in [3.05, 3.63) is 12.2 Å². The minimum absolute atomic E-state index is 0.870. The fourth-order valence-electron chi connectivity index (χ4n) is 2.66. The van der Waals surface area contributed by atoms with Gasteiger partial charge in [0.1, 0.15) is 0 Å². The van der Waals surface area contributed by atoms with E-state index < -0.39 is 0 Å². The van der Waals surface area contributed by atoms with Crippen LogP contribution in [0.3, 0.4) is 0 Å². The van der Waals surface area contributed by atoms with Gasteiger partial charge in [0.05, 0.1) is 0 Å². The first-order valence-electron chi connectivity index (χ1n) is 9.64. The molecule has 0 amide bonds. The zero-order valence-electron chi connectivity index (χ0n) is 14.9. The molecule has 126 valence electrons. The largest absolute Gasteiger partial charge is 0.382 e. The Hall–Kier alpha value is -0.300. The van der Waals surface area contributed by atoms with E-state index in [0.29, 0.717) is 0 Å². The third-order valence-corrected chi connectivity index (χ3v) is 4.02. The van der Waals surface area contributed by atoms with Crippen LogP contribution in [0.1, 0.15) is 104 Å². The molecule has 0 saturated carbocycles. The maximum atomic E-state index is 5.35. The van der Waals surface area contributed by atoms with Crippen LogP contribution in [0.5, 0.6) is 0 Å². The summed E-state index contributed by atoms with van der Waals surface area (Å²) in [5, 5.41) is 0. The summed E-state index contributed by atoms with van der Waals surface area (Å²) >= 11 is 0. The topological polar surface area (TPSA) is 9.23 Å². The molecule has 0 aromatic heterocycles. The molecule has 0 aliphatic heterocycles. The Morgan fingerprint density at radius 2 is 1.05 bits per heavy atom. The molecule has 1 heteroatoms. The zero-order chi connectivity index (χ0) is 15.4. The van der Waals surface area contributed by atoms with Crippen LogP contribution in [0.4, 0.5) is 0 Å². The van der Waals surface area contributed by atoms with Crippen LogP contribution in [0, 0.1) is 0 Å². The van der Waals surface area contributed by atoms with Crippen molar-refractivity contribution in [2.75, 3.05) is 13.2 Å². The molecule has 0 bridgehead atoms. The Balaban J connectivity index is 2.95. The van der Waals surface area contributed by atoms with Crippen molar-refractivity contribution < 1.29 is 4.74 Å². The van der Waals surface area contributed by atoms with Crippen LogP contribution in [0.15, 0.2) is 12.2 Å². The summed E-state index contributed by atoms with van der Waals surface area (Å²) in [6.45, 7) is 6.11. The van der Waals surface area contributed by atoms with E-state index in [1.807, 2.05) is 0 Å². The number of hydrogen-bond acceptors (Lipinski definition) is 1. The van der Waals surface area contributed by atoms with Gasteiger partial charge >= 0.3 is 0 Å². The summed E-state index contributed by atoms with van der Waals surface area (Å²) in [4.78, 5) is 0. The molecule has 0 atom stereocenters. The molecule has 1 nitrogen and oxygen atoms in total. The molecular weight excluding hydrogens is 256 g/mol. The molecule has 0 aromatic carbocycles. The highest BCUT2D eigenvalue weighted by atomic mass is 16.5. The summed E-state index contributed by atoms with van der Waals surface area (Å²) in [6, 6.07) is 0. The van der Waals surface area contributed by atoms with Gasteiger partial charge in [0.25, 0.3) is 0 Å². The van der Waals surface area contributed by atoms with Gasteiger partial charge in [0.2, 0.25) is 0 Å². The zero-order valence-corrected chi connectivity index (χ0v) is 14.9. The third kappa shape index (κ3) is 19.7. The lowest BCUT2D eigenvalue weighted by atomic mass is 10.0. The van der Waals surface area contributed by atoms with Crippen molar-refractivity contribution >= 4 is 0 Å². The van der Waals surface area contributed by atoms with Gasteiger partial charge in [-0.25, -0.2) is 0 Å². The van der Waals surface area contributed by atoms with Crippen molar-refractivity contribution in [1.29, 1.82) is 0 Å². The normalized spacial score (nSPS) is 11.5. The first-order valence-corrected chi connectivity index (χ1v) is 9.64. The van der Waals surface area contributed by atoms with E-state index in [-0.39, 0.29) is 0 Å². The first kappa shape index (κ1) is 20.7. The monoisotopic (exact) mass is 296 g/mol. The number of unbranched alkanes of at least 4 members (excludes halogenated alkanes) is 12. The van der Waals surface area contributed by atoms with E-state index >= 15 is 0 Å². The lowest BCUT2D eigenvalue weighted by molar-refractivity contribution is 0.143. The standard InChI is InChI=1S/C20H40O/c1-3-5-6-7-8-9-10-11-12-13-14-15-16-17-18-19-20-21-4-2/h5-6H,3-4,7-20H2,1-2H3. The van der Waals surface area contributed by atoms with Gasteiger partial charge in [0, 0.05) is 13.2 Å². The average Bonchev–Trinajstić information content (AvgIpc) is 2.50. The molecule has 0 heterocycles. The second-order valence-corrected chi connectivity index (χ2v) is 6.11. The van der Waals surface area contributed by atoms with Crippen molar-refractivity contribution in [3.63, 3.8) is 0 Å². The fraction of sp³-hybridized carbons (Fsp3) is 0.900. The number of ether oxygens (including phenoxy) is 1. The smallest absolute Gasteiger partial charge is 0.0465 e. The highest BCUT2D eigenvalue weighted by Crippen LogP contribution is 2.12. The molecule has 0 saturated heterocycles. The molecule has 0 N–H and O–H groups in total. The molecule has 0 unspecified atom stereocenters. The van der Waals surface area contributed by atoms with E-state index in [0.717, 1.165) is 13.2 Å². The molecule has 0 radical (unpaired) electrons. The Bertz CT molecular complexity index is 198. The Labute approximate surface area is 134 Å². The third-order valence-electron chi connectivity index (χ3n) is 4.02. The second-order valence-electron chi connectivity index (χ2n) is 6.11. The molecule has 0 aliphatic carbocycles. The van der Waals surface area contributed by atoms with Crippen LogP contribution in [0.2, 0.25) is 0 Å². The molecule has 0 fully saturated rings. The van der Waals surface area contributed by atoms with Gasteiger partial charge in [-0.3, -0.25) is 0 Å². The molecule has 21 heavy (non-hydrogen) atoms. The summed E-state index contributed by atoms with van der Waals surface area (Å²) in [6.07, 6.45) is 24.0. The highest BCUT2D eigenvalue weighted by molar-refractivity contribution is 4.79. The van der Waals surface area contributed by atoms with Gasteiger partial charge < -0.3 is 4.74 Å². The Kier molecular flexibility index (Phi) is 19.4. The maximum absolute atomic E-state index is 5.35. The predicted molar refractivity (Wildman–Crippen MR) is 95.9 cm³/mol. The maximum Gasteiger partial charge on any atom is 0.0465 e. The lowest BCUT2D eigenvalue weighted by Crippen LogP contribution is -1.92. The molecule has 0 rings (SSSR count). The highest BCUT2D eigenvalue weighted by Gasteiger charge is 1.93. The van der Waals surface area contributed by atoms with Gasteiger partial charge in [0.15, 0.2) is 0 Å². The minimum Gasteiger partial charge on any atom is -0.382 e. The lowest BCUT2D eigenvalue weighted by Gasteiger charge is -2.03. The van der Waals surface area contributed by atoms with Crippen LogP contribution in [-0.2, 0) is 4.74 Å². The van der Waals surface area contributed by atoms with Crippen molar-refractivity contribution in [3.8, 4) is 0 Å². The average molecular weight is 297 g/mol. The quantitative estimate of drug-likeness (QED) is 0.206. The predicted octanol–water partition coefficient (Wildman–Crippen LogP) is 7.06. The number of allylic oxidation sites excluding steroid dienone is 2.